The summed E-state index contributed by atoms with van der Waals surface area (Å²) in [7, 11) is 0. The molecule has 3 aromatic rings. The van der Waals surface area contributed by atoms with Gasteiger partial charge >= 0.3 is 0 Å². The molecule has 5 nitrogen and oxygen atoms in total. The third kappa shape index (κ3) is 4.62. The molecule has 0 spiro atoms. The molecule has 0 amide bonds. The summed E-state index contributed by atoms with van der Waals surface area (Å²) < 4.78 is 5.40. The highest BCUT2D eigenvalue weighted by Crippen LogP contribution is 2.26. The van der Waals surface area contributed by atoms with Crippen LogP contribution in [0.1, 0.15) is 12.8 Å². The first-order valence-corrected chi connectivity index (χ1v) is 9.76. The number of benzene rings is 2. The minimum atomic E-state index is 0.707. The largest absolute Gasteiger partial charge is 0.379 e. The van der Waals surface area contributed by atoms with Crippen LogP contribution in [0, 0.1) is 0 Å². The number of para-hydroxylation sites is 1. The van der Waals surface area contributed by atoms with Crippen LogP contribution in [0.3, 0.4) is 0 Å². The molecule has 1 N–H and O–H groups in total. The maximum atomic E-state index is 5.40. The van der Waals surface area contributed by atoms with Crippen molar-refractivity contribution in [1.29, 1.82) is 0 Å². The van der Waals surface area contributed by atoms with Crippen LogP contribution in [0.15, 0.2) is 54.6 Å². The van der Waals surface area contributed by atoms with E-state index in [2.05, 4.69) is 28.4 Å². The lowest BCUT2D eigenvalue weighted by Crippen LogP contribution is -2.36. The predicted molar refractivity (Wildman–Crippen MR) is 110 cm³/mol. The Hall–Kier alpha value is -2.50. The smallest absolute Gasteiger partial charge is 0.223 e. The average Bonchev–Trinajstić information content (AvgIpc) is 2.74. The van der Waals surface area contributed by atoms with Crippen molar-refractivity contribution in [2.75, 3.05) is 44.7 Å². The van der Waals surface area contributed by atoms with Crippen molar-refractivity contribution in [3.8, 4) is 11.3 Å². The molecule has 1 aliphatic heterocycles. The number of fused-ring (bicyclic) bond motifs is 1. The molecule has 2 heterocycles. The van der Waals surface area contributed by atoms with Gasteiger partial charge in [0, 0.05) is 30.6 Å². The van der Waals surface area contributed by atoms with E-state index in [0.29, 0.717) is 5.95 Å². The summed E-state index contributed by atoms with van der Waals surface area (Å²) in [6, 6.07) is 18.5. The highest BCUT2D eigenvalue weighted by Gasteiger charge is 2.10. The van der Waals surface area contributed by atoms with Gasteiger partial charge in [0.15, 0.2) is 0 Å². The maximum absolute atomic E-state index is 5.40. The number of nitrogens with one attached hydrogen (secondary N) is 1. The van der Waals surface area contributed by atoms with Crippen molar-refractivity contribution >= 4 is 16.9 Å². The summed E-state index contributed by atoms with van der Waals surface area (Å²) >= 11 is 0. The molecule has 1 aliphatic rings. The van der Waals surface area contributed by atoms with E-state index >= 15 is 0 Å². The van der Waals surface area contributed by atoms with Gasteiger partial charge in [-0.15, -0.1) is 0 Å². The van der Waals surface area contributed by atoms with E-state index in [1.165, 1.54) is 6.42 Å². The van der Waals surface area contributed by atoms with Crippen molar-refractivity contribution in [2.45, 2.75) is 12.8 Å². The fraction of sp³-hybridized carbons (Fsp3) is 0.364. The summed E-state index contributed by atoms with van der Waals surface area (Å²) in [6.45, 7) is 5.87. The molecule has 140 valence electrons. The van der Waals surface area contributed by atoms with Gasteiger partial charge in [0.2, 0.25) is 5.95 Å². The minimum Gasteiger partial charge on any atom is -0.379 e. The Balaban J connectivity index is 1.41. The molecule has 27 heavy (non-hydrogen) atoms. The third-order valence-corrected chi connectivity index (χ3v) is 4.94. The van der Waals surface area contributed by atoms with E-state index in [4.69, 9.17) is 14.7 Å². The van der Waals surface area contributed by atoms with Gasteiger partial charge in [0.25, 0.3) is 0 Å². The fourth-order valence-corrected chi connectivity index (χ4v) is 3.46. The van der Waals surface area contributed by atoms with Gasteiger partial charge in [-0.1, -0.05) is 48.5 Å². The van der Waals surface area contributed by atoms with E-state index in [1.807, 2.05) is 36.4 Å². The molecule has 0 aliphatic carbocycles. The zero-order chi connectivity index (χ0) is 18.3. The Bertz CT molecular complexity index is 863. The Labute approximate surface area is 160 Å². The molecule has 2 aromatic carbocycles. The van der Waals surface area contributed by atoms with Crippen molar-refractivity contribution in [2.24, 2.45) is 0 Å². The average molecular weight is 362 g/mol. The Morgan fingerprint density at radius 2 is 1.67 bits per heavy atom. The summed E-state index contributed by atoms with van der Waals surface area (Å²) in [5.41, 5.74) is 3.07. The number of aromatic nitrogens is 2. The predicted octanol–water partition coefficient (Wildman–Crippen LogP) is 3.82. The fourth-order valence-electron chi connectivity index (χ4n) is 3.46. The molecular formula is C22H26N4O. The SMILES string of the molecule is c1ccc(-c2nc(NCCCCN3CCOCC3)nc3ccccc23)cc1. The molecule has 1 aromatic heterocycles. The first-order chi connectivity index (χ1) is 13.4. The van der Waals surface area contributed by atoms with Crippen LogP contribution in [0.4, 0.5) is 5.95 Å². The normalized spacial score (nSPS) is 15.1. The lowest BCUT2D eigenvalue weighted by molar-refractivity contribution is 0.0373. The number of hydrogen-bond acceptors (Lipinski definition) is 5. The van der Waals surface area contributed by atoms with Crippen molar-refractivity contribution in [3.63, 3.8) is 0 Å². The number of morpholine rings is 1. The highest BCUT2D eigenvalue weighted by atomic mass is 16.5. The molecule has 5 heteroatoms. The number of rotatable bonds is 7. The zero-order valence-corrected chi connectivity index (χ0v) is 15.6. The van der Waals surface area contributed by atoms with E-state index < -0.39 is 0 Å². The van der Waals surface area contributed by atoms with E-state index in [1.54, 1.807) is 0 Å². The van der Waals surface area contributed by atoms with Gasteiger partial charge in [0.05, 0.1) is 24.4 Å². The number of ether oxygens (including phenoxy) is 1. The molecule has 1 fully saturated rings. The van der Waals surface area contributed by atoms with Crippen LogP contribution in [0.25, 0.3) is 22.2 Å². The van der Waals surface area contributed by atoms with Crippen LogP contribution in [0.5, 0.6) is 0 Å². The van der Waals surface area contributed by atoms with Crippen LogP contribution in [0.2, 0.25) is 0 Å². The molecule has 1 saturated heterocycles. The molecular weight excluding hydrogens is 336 g/mol. The lowest BCUT2D eigenvalue weighted by atomic mass is 10.1. The number of anilines is 1. The van der Waals surface area contributed by atoms with Crippen molar-refractivity contribution in [1.82, 2.24) is 14.9 Å². The van der Waals surface area contributed by atoms with Gasteiger partial charge in [-0.2, -0.15) is 0 Å². The van der Waals surface area contributed by atoms with Crippen molar-refractivity contribution in [3.05, 3.63) is 54.6 Å². The van der Waals surface area contributed by atoms with Gasteiger partial charge in [-0.25, -0.2) is 9.97 Å². The Kier molecular flexibility index (Phi) is 5.92. The van der Waals surface area contributed by atoms with E-state index in [-0.39, 0.29) is 0 Å². The Morgan fingerprint density at radius 1 is 0.889 bits per heavy atom. The van der Waals surface area contributed by atoms with E-state index in [9.17, 15) is 0 Å². The number of hydrogen-bond donors (Lipinski definition) is 1. The summed E-state index contributed by atoms with van der Waals surface area (Å²) in [5, 5.41) is 4.50. The summed E-state index contributed by atoms with van der Waals surface area (Å²) in [4.78, 5) is 12.0. The second-order valence-corrected chi connectivity index (χ2v) is 6.87. The highest BCUT2D eigenvalue weighted by molar-refractivity contribution is 5.93. The molecule has 4 rings (SSSR count). The summed E-state index contributed by atoms with van der Waals surface area (Å²) in [6.07, 6.45) is 2.28. The minimum absolute atomic E-state index is 0.707. The molecule has 0 radical (unpaired) electrons. The first-order valence-electron chi connectivity index (χ1n) is 9.76. The third-order valence-electron chi connectivity index (χ3n) is 4.94. The molecule has 0 bridgehead atoms. The van der Waals surface area contributed by atoms with Gasteiger partial charge < -0.3 is 10.1 Å². The molecule has 0 unspecified atom stereocenters. The quantitative estimate of drug-likeness (QED) is 0.648. The standard InChI is InChI=1S/C22H26N4O/c1-2-8-18(9-3-1)21-19-10-4-5-11-20(19)24-22(25-21)23-12-6-7-13-26-14-16-27-17-15-26/h1-5,8-11H,6-7,12-17H2,(H,23,24,25). The van der Waals surface area contributed by atoms with Gasteiger partial charge in [-0.3, -0.25) is 4.90 Å². The topological polar surface area (TPSA) is 50.3 Å². The van der Waals surface area contributed by atoms with Gasteiger partial charge in [-0.05, 0) is 25.5 Å². The van der Waals surface area contributed by atoms with Crippen molar-refractivity contribution < 1.29 is 4.74 Å². The Morgan fingerprint density at radius 3 is 2.52 bits per heavy atom. The number of nitrogens with zero attached hydrogens (tertiary/aromatic N) is 3. The second kappa shape index (κ2) is 8.93. The van der Waals surface area contributed by atoms with Gasteiger partial charge in [0.1, 0.15) is 0 Å². The molecule has 0 saturated carbocycles. The summed E-state index contributed by atoms with van der Waals surface area (Å²) in [5.74, 6) is 0.707. The van der Waals surface area contributed by atoms with Crippen LogP contribution >= 0.6 is 0 Å². The number of unbranched alkanes of at least 4 members (excludes halogenated alkanes) is 1. The van der Waals surface area contributed by atoms with Crippen LogP contribution < -0.4 is 5.32 Å². The maximum Gasteiger partial charge on any atom is 0.223 e. The van der Waals surface area contributed by atoms with Crippen LogP contribution in [-0.2, 0) is 4.74 Å². The monoisotopic (exact) mass is 362 g/mol. The van der Waals surface area contributed by atoms with Crippen LogP contribution in [-0.4, -0.2) is 54.3 Å². The second-order valence-electron chi connectivity index (χ2n) is 6.87. The zero-order valence-electron chi connectivity index (χ0n) is 15.6. The molecule has 0 atom stereocenters. The van der Waals surface area contributed by atoms with E-state index in [0.717, 1.165) is 68.0 Å². The lowest BCUT2D eigenvalue weighted by Gasteiger charge is -2.26. The first kappa shape index (κ1) is 17.9.